The highest BCUT2D eigenvalue weighted by atomic mass is 35.5. The maximum absolute atomic E-state index is 13.3. The van der Waals surface area contributed by atoms with Gasteiger partial charge in [-0.05, 0) is 69.1 Å². The fourth-order valence-electron chi connectivity index (χ4n) is 8.69. The minimum Gasteiger partial charge on any atom is -0.461 e. The summed E-state index contributed by atoms with van der Waals surface area (Å²) in [6.07, 6.45) is 9.48. The van der Waals surface area contributed by atoms with Crippen molar-refractivity contribution in [3.8, 4) is 6.01 Å². The monoisotopic (exact) mass is 740 g/mol. The minimum atomic E-state index is -0.0762. The molecule has 1 atom stereocenters. The molecule has 1 amide bonds. The predicted molar refractivity (Wildman–Crippen MR) is 206 cm³/mol. The number of carbonyl (C=O) groups is 1. The molecular weight excluding hydrogens is 692 g/mol. The summed E-state index contributed by atoms with van der Waals surface area (Å²) in [4.78, 5) is 37.0. The molecule has 1 unspecified atom stereocenters. The molecule has 0 radical (unpaired) electrons. The Balaban J connectivity index is 0.00000197. The Morgan fingerprint density at radius 3 is 2.62 bits per heavy atom. The first-order valence-corrected chi connectivity index (χ1v) is 19.6. The van der Waals surface area contributed by atoms with Crippen molar-refractivity contribution in [2.45, 2.75) is 76.4 Å². The van der Waals surface area contributed by atoms with E-state index in [1.807, 2.05) is 30.9 Å². The summed E-state index contributed by atoms with van der Waals surface area (Å²) >= 11 is 6.77. The number of halogens is 1. The van der Waals surface area contributed by atoms with E-state index in [-0.39, 0.29) is 23.4 Å². The normalized spacial score (nSPS) is 21.0. The van der Waals surface area contributed by atoms with E-state index in [9.17, 15) is 4.79 Å². The van der Waals surface area contributed by atoms with Crippen LogP contribution in [0.5, 0.6) is 6.01 Å². The number of hydrogen-bond acceptors (Lipinski definition) is 11. The average Bonchev–Trinajstić information content (AvgIpc) is 3.98. The van der Waals surface area contributed by atoms with Crippen LogP contribution in [0, 0.1) is 0 Å². The summed E-state index contributed by atoms with van der Waals surface area (Å²) in [6.45, 7) is 10.8. The van der Waals surface area contributed by atoms with Crippen LogP contribution in [-0.2, 0) is 22.5 Å². The molecule has 5 aliphatic heterocycles. The van der Waals surface area contributed by atoms with Gasteiger partial charge in [0.15, 0.2) is 5.82 Å². The number of hydrogen-bond donors (Lipinski definition) is 0. The lowest BCUT2D eigenvalue weighted by Gasteiger charge is -2.35. The van der Waals surface area contributed by atoms with Gasteiger partial charge in [0.05, 0.1) is 41.9 Å². The van der Waals surface area contributed by atoms with Gasteiger partial charge in [-0.15, -0.1) is 0 Å². The highest BCUT2D eigenvalue weighted by molar-refractivity contribution is 6.36. The molecule has 4 saturated heterocycles. The fraction of sp³-hybridized carbons (Fsp3) is 0.525. The number of fused-ring (bicyclic) bond motifs is 3. The van der Waals surface area contributed by atoms with Crippen LogP contribution in [0.1, 0.15) is 74.8 Å². The topological polar surface area (TPSA) is 113 Å². The molecule has 0 aliphatic carbocycles. The van der Waals surface area contributed by atoms with E-state index in [0.29, 0.717) is 57.2 Å². The maximum atomic E-state index is 13.3. The molecule has 0 N–H and O–H groups in total. The standard InChI is InChI=1S/C38H43ClN8O4.C2H6/c1-44(27-12-18-46(20-27)33(48)11-10-32-41-35(43-51-32)26-22-49-23-26)36-28-13-19-45(31-9-3-7-25-6-2-8-29(39)34(25)31)21-30(28)40-37(42-36)50-24-38-14-4-16-47(38)17-5-15-38;1-2/h2-3,6-11,26-27H,4-5,12-24H2,1H3;1-2H3/b11-10+;. The summed E-state index contributed by atoms with van der Waals surface area (Å²) in [5.41, 5.74) is 3.32. The smallest absolute Gasteiger partial charge is 0.318 e. The molecule has 53 heavy (non-hydrogen) atoms. The highest BCUT2D eigenvalue weighted by Crippen LogP contribution is 2.40. The molecule has 7 heterocycles. The highest BCUT2D eigenvalue weighted by Gasteiger charge is 2.45. The van der Waals surface area contributed by atoms with Crippen molar-refractivity contribution in [1.82, 2.24) is 29.9 Å². The molecule has 12 nitrogen and oxygen atoms in total. The Morgan fingerprint density at radius 1 is 1.06 bits per heavy atom. The first-order valence-electron chi connectivity index (χ1n) is 19.3. The molecule has 9 rings (SSSR count). The van der Waals surface area contributed by atoms with Crippen molar-refractivity contribution in [2.24, 2.45) is 0 Å². The average molecular weight is 741 g/mol. The van der Waals surface area contributed by atoms with E-state index in [2.05, 4.69) is 56.2 Å². The van der Waals surface area contributed by atoms with Gasteiger partial charge in [-0.2, -0.15) is 15.0 Å². The van der Waals surface area contributed by atoms with Gasteiger partial charge < -0.3 is 28.7 Å². The van der Waals surface area contributed by atoms with E-state index in [0.717, 1.165) is 83.9 Å². The Hall–Kier alpha value is -4.26. The molecule has 4 fully saturated rings. The summed E-state index contributed by atoms with van der Waals surface area (Å²) in [5, 5.41) is 6.96. The molecule has 280 valence electrons. The third-order valence-corrected chi connectivity index (χ3v) is 12.0. The van der Waals surface area contributed by atoms with Crippen molar-refractivity contribution < 1.29 is 18.8 Å². The lowest BCUT2D eigenvalue weighted by atomic mass is 9.95. The van der Waals surface area contributed by atoms with Gasteiger partial charge in [0.2, 0.25) is 5.91 Å². The van der Waals surface area contributed by atoms with E-state index in [1.165, 1.54) is 18.9 Å². The SMILES string of the molecule is CC.CN(c1nc(OCC23CCCN2CCC3)nc2c1CCN(c1cccc3cccc(Cl)c13)C2)C1CCN(C(=O)/C=C/c2nc(C3COC3)no2)C1. The molecule has 4 aromatic rings. The van der Waals surface area contributed by atoms with Crippen LogP contribution in [0.4, 0.5) is 11.5 Å². The molecule has 0 spiro atoms. The molecule has 0 bridgehead atoms. The second-order valence-corrected chi connectivity index (χ2v) is 15.1. The maximum Gasteiger partial charge on any atom is 0.318 e. The van der Waals surface area contributed by atoms with Gasteiger partial charge in [-0.1, -0.05) is 54.9 Å². The van der Waals surface area contributed by atoms with Gasteiger partial charge in [0.25, 0.3) is 5.89 Å². The zero-order chi connectivity index (χ0) is 36.5. The Kier molecular flexibility index (Phi) is 10.3. The van der Waals surface area contributed by atoms with Crippen LogP contribution in [-0.4, -0.2) is 107 Å². The lowest BCUT2D eigenvalue weighted by Crippen LogP contribution is -2.44. The number of aromatic nitrogens is 4. The quantitative estimate of drug-likeness (QED) is 0.185. The summed E-state index contributed by atoms with van der Waals surface area (Å²) < 4.78 is 17.1. The third kappa shape index (κ3) is 6.97. The minimum absolute atomic E-state index is 0.0762. The van der Waals surface area contributed by atoms with Crippen molar-refractivity contribution in [3.63, 3.8) is 0 Å². The van der Waals surface area contributed by atoms with Crippen LogP contribution in [0.2, 0.25) is 5.02 Å². The van der Waals surface area contributed by atoms with Crippen molar-refractivity contribution >= 4 is 45.9 Å². The van der Waals surface area contributed by atoms with Crippen LogP contribution in [0.3, 0.4) is 0 Å². The number of likely N-dealkylation sites (tertiary alicyclic amines) is 1. The Bertz CT molecular complexity index is 1970. The number of benzene rings is 2. The third-order valence-electron chi connectivity index (χ3n) is 11.7. The first kappa shape index (κ1) is 35.8. The molecule has 5 aliphatic rings. The van der Waals surface area contributed by atoms with E-state index in [4.69, 9.17) is 35.6 Å². The van der Waals surface area contributed by atoms with Crippen LogP contribution >= 0.6 is 11.6 Å². The number of ether oxygens (including phenoxy) is 2. The van der Waals surface area contributed by atoms with E-state index >= 15 is 0 Å². The second kappa shape index (κ2) is 15.2. The summed E-state index contributed by atoms with van der Waals surface area (Å²) in [7, 11) is 2.09. The molecular formula is C40H49ClN8O4. The zero-order valence-electron chi connectivity index (χ0n) is 31.0. The van der Waals surface area contributed by atoms with Crippen molar-refractivity contribution in [1.29, 1.82) is 0 Å². The van der Waals surface area contributed by atoms with Gasteiger partial charge in [0.1, 0.15) is 12.4 Å². The molecule has 13 heteroatoms. The lowest BCUT2D eigenvalue weighted by molar-refractivity contribution is -0.124. The van der Waals surface area contributed by atoms with Crippen LogP contribution in [0.15, 0.2) is 47.0 Å². The first-order chi connectivity index (χ1) is 25.9. The van der Waals surface area contributed by atoms with Gasteiger partial charge in [-0.3, -0.25) is 9.69 Å². The fourth-order valence-corrected chi connectivity index (χ4v) is 8.97. The van der Waals surface area contributed by atoms with Crippen molar-refractivity contribution in [2.75, 3.05) is 69.4 Å². The number of likely N-dealkylation sites (N-methyl/N-ethyl adjacent to an activating group) is 1. The van der Waals surface area contributed by atoms with Crippen LogP contribution < -0.4 is 14.5 Å². The number of amides is 1. The molecule has 2 aromatic carbocycles. The van der Waals surface area contributed by atoms with Gasteiger partial charge in [0, 0.05) is 61.5 Å². The Labute approximate surface area is 316 Å². The largest absolute Gasteiger partial charge is 0.461 e. The van der Waals surface area contributed by atoms with Gasteiger partial charge in [-0.25, -0.2) is 0 Å². The van der Waals surface area contributed by atoms with E-state index < -0.39 is 0 Å². The molecule has 0 saturated carbocycles. The number of carbonyl (C=O) groups excluding carboxylic acids is 1. The van der Waals surface area contributed by atoms with E-state index in [1.54, 1.807) is 6.08 Å². The zero-order valence-corrected chi connectivity index (χ0v) is 31.7. The van der Waals surface area contributed by atoms with Crippen molar-refractivity contribution in [3.05, 3.63) is 70.5 Å². The number of rotatable bonds is 9. The Morgan fingerprint density at radius 2 is 1.85 bits per heavy atom. The predicted octanol–water partition coefficient (Wildman–Crippen LogP) is 6.13. The summed E-state index contributed by atoms with van der Waals surface area (Å²) in [6, 6.07) is 12.9. The number of nitrogens with zero attached hydrogens (tertiary/aromatic N) is 8. The van der Waals surface area contributed by atoms with Gasteiger partial charge >= 0.3 is 6.01 Å². The summed E-state index contributed by atoms with van der Waals surface area (Å²) in [5.74, 6) is 1.94. The molecule has 2 aromatic heterocycles. The second-order valence-electron chi connectivity index (χ2n) is 14.6. The van der Waals surface area contributed by atoms with Crippen LogP contribution in [0.25, 0.3) is 16.8 Å². The number of anilines is 2.